The first-order valence-corrected chi connectivity index (χ1v) is 7.24. The van der Waals surface area contributed by atoms with Crippen LogP contribution in [0.3, 0.4) is 0 Å². The first-order chi connectivity index (χ1) is 9.79. The number of benzene rings is 1. The van der Waals surface area contributed by atoms with Crippen LogP contribution < -0.4 is 0 Å². The molecule has 0 bridgehead atoms. The van der Waals surface area contributed by atoms with Gasteiger partial charge < -0.3 is 0 Å². The first kappa shape index (κ1) is 15.4. The minimum absolute atomic E-state index is 0.0692. The fourth-order valence-corrected chi connectivity index (χ4v) is 2.69. The Labute approximate surface area is 125 Å². The normalized spacial score (nSPS) is 16.5. The van der Waals surface area contributed by atoms with Crippen molar-refractivity contribution < 1.29 is 14.4 Å². The zero-order valence-corrected chi connectivity index (χ0v) is 13.0. The predicted octanol–water partition coefficient (Wildman–Crippen LogP) is 2.58. The van der Waals surface area contributed by atoms with E-state index in [1.807, 2.05) is 39.8 Å². The Morgan fingerprint density at radius 1 is 1.05 bits per heavy atom. The molecule has 1 heterocycles. The van der Waals surface area contributed by atoms with Crippen molar-refractivity contribution in [3.05, 3.63) is 34.4 Å². The Kier molecular flexibility index (Phi) is 4.26. The van der Waals surface area contributed by atoms with Gasteiger partial charge in [-0.3, -0.25) is 19.3 Å². The van der Waals surface area contributed by atoms with Gasteiger partial charge in [-0.2, -0.15) is 0 Å². The SMILES string of the molecule is Cc1cc(C)c(C(=O)CN2C(=O)CC(C)CC2=O)cc1C. The molecule has 1 aromatic carbocycles. The Balaban J connectivity index is 2.20. The minimum atomic E-state index is -0.242. The van der Waals surface area contributed by atoms with Gasteiger partial charge in [0, 0.05) is 18.4 Å². The highest BCUT2D eigenvalue weighted by Gasteiger charge is 2.32. The number of piperidine rings is 1. The number of carbonyl (C=O) groups is 3. The van der Waals surface area contributed by atoms with Crippen molar-refractivity contribution in [2.45, 2.75) is 40.5 Å². The van der Waals surface area contributed by atoms with Crippen LogP contribution in [-0.4, -0.2) is 29.0 Å². The number of amides is 2. The van der Waals surface area contributed by atoms with Gasteiger partial charge in [-0.15, -0.1) is 0 Å². The van der Waals surface area contributed by atoms with E-state index in [9.17, 15) is 14.4 Å². The summed E-state index contributed by atoms with van der Waals surface area (Å²) in [6.45, 7) is 7.55. The molecule has 0 unspecified atom stereocenters. The van der Waals surface area contributed by atoms with Crippen LogP contribution in [0.1, 0.15) is 46.8 Å². The second-order valence-electron chi connectivity index (χ2n) is 6.06. The maximum atomic E-state index is 12.4. The van der Waals surface area contributed by atoms with Crippen molar-refractivity contribution in [2.75, 3.05) is 6.54 Å². The monoisotopic (exact) mass is 287 g/mol. The van der Waals surface area contributed by atoms with Crippen molar-refractivity contribution in [1.29, 1.82) is 0 Å². The number of nitrogens with zero attached hydrogens (tertiary/aromatic N) is 1. The van der Waals surface area contributed by atoms with Gasteiger partial charge in [-0.25, -0.2) is 0 Å². The van der Waals surface area contributed by atoms with Crippen LogP contribution in [0.5, 0.6) is 0 Å². The molecular weight excluding hydrogens is 266 g/mol. The molecule has 4 nitrogen and oxygen atoms in total. The van der Waals surface area contributed by atoms with Gasteiger partial charge in [0.1, 0.15) is 0 Å². The quantitative estimate of drug-likeness (QED) is 0.634. The van der Waals surface area contributed by atoms with E-state index >= 15 is 0 Å². The molecule has 0 saturated carbocycles. The Hall–Kier alpha value is -1.97. The van der Waals surface area contributed by atoms with E-state index in [-0.39, 0.29) is 30.1 Å². The first-order valence-electron chi connectivity index (χ1n) is 7.24. The lowest BCUT2D eigenvalue weighted by Crippen LogP contribution is -2.45. The predicted molar refractivity (Wildman–Crippen MR) is 80.1 cm³/mol. The number of ketones is 1. The number of likely N-dealkylation sites (tertiary alicyclic amines) is 1. The van der Waals surface area contributed by atoms with Gasteiger partial charge in [0.05, 0.1) is 6.54 Å². The number of hydrogen-bond acceptors (Lipinski definition) is 3. The minimum Gasteiger partial charge on any atom is -0.292 e. The second-order valence-corrected chi connectivity index (χ2v) is 6.06. The van der Waals surface area contributed by atoms with Crippen molar-refractivity contribution in [1.82, 2.24) is 4.90 Å². The summed E-state index contributed by atoms with van der Waals surface area (Å²) in [6, 6.07) is 3.80. The molecule has 0 N–H and O–H groups in total. The third-order valence-electron chi connectivity index (χ3n) is 4.09. The Morgan fingerprint density at radius 2 is 1.57 bits per heavy atom. The fourth-order valence-electron chi connectivity index (χ4n) is 2.69. The van der Waals surface area contributed by atoms with E-state index in [2.05, 4.69) is 0 Å². The molecule has 0 aromatic heterocycles. The molecule has 2 amide bonds. The lowest BCUT2D eigenvalue weighted by molar-refractivity contribution is -0.149. The molecule has 1 aliphatic heterocycles. The number of Topliss-reactive ketones (excluding diaryl/α,β-unsaturated/α-hetero) is 1. The maximum absolute atomic E-state index is 12.4. The summed E-state index contributed by atoms with van der Waals surface area (Å²) in [7, 11) is 0. The summed E-state index contributed by atoms with van der Waals surface area (Å²) in [4.78, 5) is 37.4. The van der Waals surface area contributed by atoms with Crippen molar-refractivity contribution >= 4 is 17.6 Å². The lowest BCUT2D eigenvalue weighted by Gasteiger charge is -2.27. The summed E-state index contributed by atoms with van der Waals surface area (Å²) in [5.41, 5.74) is 3.64. The topological polar surface area (TPSA) is 54.5 Å². The molecule has 1 saturated heterocycles. The second kappa shape index (κ2) is 5.80. The number of rotatable bonds is 3. The molecule has 0 spiro atoms. The Bertz CT molecular complexity index is 601. The highest BCUT2D eigenvalue weighted by Crippen LogP contribution is 2.21. The molecule has 112 valence electrons. The summed E-state index contributed by atoms with van der Waals surface area (Å²) < 4.78 is 0. The van der Waals surface area contributed by atoms with Crippen LogP contribution in [0.4, 0.5) is 0 Å². The number of carbonyl (C=O) groups excluding carboxylic acids is 3. The van der Waals surface area contributed by atoms with Gasteiger partial charge in [0.15, 0.2) is 5.78 Å². The fraction of sp³-hybridized carbons (Fsp3) is 0.471. The van der Waals surface area contributed by atoms with Crippen LogP contribution in [0.25, 0.3) is 0 Å². The third kappa shape index (κ3) is 3.20. The van der Waals surface area contributed by atoms with Crippen LogP contribution in [0, 0.1) is 26.7 Å². The van der Waals surface area contributed by atoms with Crippen LogP contribution in [0.2, 0.25) is 0 Å². The molecule has 1 aromatic rings. The van der Waals surface area contributed by atoms with Gasteiger partial charge in [0.25, 0.3) is 0 Å². The van der Waals surface area contributed by atoms with Gasteiger partial charge in [-0.1, -0.05) is 13.0 Å². The maximum Gasteiger partial charge on any atom is 0.229 e. The van der Waals surface area contributed by atoms with Gasteiger partial charge in [-0.05, 0) is 49.4 Å². The molecule has 1 aliphatic rings. The summed E-state index contributed by atoms with van der Waals surface area (Å²) in [6.07, 6.45) is 0.676. The molecule has 0 aliphatic carbocycles. The van der Waals surface area contributed by atoms with E-state index in [4.69, 9.17) is 0 Å². The zero-order chi connectivity index (χ0) is 15.7. The van der Waals surface area contributed by atoms with E-state index in [0.29, 0.717) is 18.4 Å². The van der Waals surface area contributed by atoms with E-state index in [1.54, 1.807) is 0 Å². The van der Waals surface area contributed by atoms with Crippen LogP contribution >= 0.6 is 0 Å². The number of imide groups is 1. The molecule has 0 radical (unpaired) electrons. The number of hydrogen-bond donors (Lipinski definition) is 0. The van der Waals surface area contributed by atoms with Gasteiger partial charge >= 0.3 is 0 Å². The molecule has 2 rings (SSSR count). The smallest absolute Gasteiger partial charge is 0.229 e. The molecule has 1 fully saturated rings. The molecular formula is C17H21NO3. The van der Waals surface area contributed by atoms with Crippen molar-refractivity contribution in [2.24, 2.45) is 5.92 Å². The largest absolute Gasteiger partial charge is 0.292 e. The lowest BCUT2D eigenvalue weighted by atomic mass is 9.95. The average molecular weight is 287 g/mol. The summed E-state index contributed by atoms with van der Waals surface area (Å²) >= 11 is 0. The van der Waals surface area contributed by atoms with Crippen molar-refractivity contribution in [3.8, 4) is 0 Å². The highest BCUT2D eigenvalue weighted by molar-refractivity contribution is 6.06. The van der Waals surface area contributed by atoms with Crippen LogP contribution in [-0.2, 0) is 9.59 Å². The van der Waals surface area contributed by atoms with E-state index < -0.39 is 0 Å². The van der Waals surface area contributed by atoms with Gasteiger partial charge in [0.2, 0.25) is 11.8 Å². The van der Waals surface area contributed by atoms with Crippen molar-refractivity contribution in [3.63, 3.8) is 0 Å². The molecule has 21 heavy (non-hydrogen) atoms. The number of aryl methyl sites for hydroxylation is 3. The van der Waals surface area contributed by atoms with E-state index in [0.717, 1.165) is 21.6 Å². The summed E-state index contributed by atoms with van der Waals surface area (Å²) in [5.74, 6) is -0.589. The summed E-state index contributed by atoms with van der Waals surface area (Å²) in [5, 5.41) is 0. The standard InChI is InChI=1S/C17H21NO3/c1-10-5-16(20)18(17(21)6-10)9-15(19)14-8-12(3)11(2)7-13(14)4/h7-8,10H,5-6,9H2,1-4H3. The molecule has 4 heteroatoms. The average Bonchev–Trinajstić information content (AvgIpc) is 2.37. The highest BCUT2D eigenvalue weighted by atomic mass is 16.2. The van der Waals surface area contributed by atoms with Crippen LogP contribution in [0.15, 0.2) is 12.1 Å². The van der Waals surface area contributed by atoms with E-state index in [1.165, 1.54) is 0 Å². The Morgan fingerprint density at radius 3 is 2.14 bits per heavy atom. The zero-order valence-electron chi connectivity index (χ0n) is 13.0. The third-order valence-corrected chi connectivity index (χ3v) is 4.09. The molecule has 0 atom stereocenters.